The number of benzene rings is 2. The van der Waals surface area contributed by atoms with Gasteiger partial charge in [0, 0.05) is 19.6 Å². The second kappa shape index (κ2) is 9.23. The second-order valence-corrected chi connectivity index (χ2v) is 6.66. The maximum Gasteiger partial charge on any atom is 0.410 e. The summed E-state index contributed by atoms with van der Waals surface area (Å²) in [6, 6.07) is 16.1. The number of carbonyl (C=O) groups is 2. The Balaban J connectivity index is 1.58. The number of hydrogen-bond donors (Lipinski definition) is 1. The van der Waals surface area contributed by atoms with E-state index < -0.39 is 18.1 Å². The largest absolute Gasteiger partial charge is 0.497 e. The Bertz CT molecular complexity index is 794. The summed E-state index contributed by atoms with van der Waals surface area (Å²) in [5.41, 5.74) is 1.89. The van der Waals surface area contributed by atoms with Gasteiger partial charge in [0.25, 0.3) is 0 Å². The van der Waals surface area contributed by atoms with Crippen molar-refractivity contribution in [3.63, 3.8) is 0 Å². The minimum Gasteiger partial charge on any atom is -0.497 e. The van der Waals surface area contributed by atoms with Crippen molar-refractivity contribution < 1.29 is 24.2 Å². The first kappa shape index (κ1) is 19.7. The van der Waals surface area contributed by atoms with Crippen molar-refractivity contribution in [2.45, 2.75) is 19.2 Å². The zero-order chi connectivity index (χ0) is 19.9. The van der Waals surface area contributed by atoms with E-state index in [-0.39, 0.29) is 13.2 Å². The van der Waals surface area contributed by atoms with Crippen molar-refractivity contribution in [3.05, 3.63) is 65.7 Å². The van der Waals surface area contributed by atoms with Gasteiger partial charge >= 0.3 is 12.1 Å². The molecule has 0 bridgehead atoms. The lowest BCUT2D eigenvalue weighted by atomic mass is 10.1. The molecular formula is C21H24N2O5. The molecule has 0 aromatic heterocycles. The van der Waals surface area contributed by atoms with Gasteiger partial charge < -0.3 is 19.5 Å². The molecule has 1 aliphatic heterocycles. The van der Waals surface area contributed by atoms with Crippen LogP contribution in [-0.2, 0) is 22.7 Å². The predicted molar refractivity (Wildman–Crippen MR) is 103 cm³/mol. The third-order valence-electron chi connectivity index (χ3n) is 4.78. The van der Waals surface area contributed by atoms with Crippen LogP contribution in [0.5, 0.6) is 5.75 Å². The fraction of sp³-hybridized carbons (Fsp3) is 0.333. The van der Waals surface area contributed by atoms with Gasteiger partial charge in [-0.2, -0.15) is 0 Å². The van der Waals surface area contributed by atoms with E-state index >= 15 is 0 Å². The highest BCUT2D eigenvalue weighted by Gasteiger charge is 2.34. The smallest absolute Gasteiger partial charge is 0.410 e. The van der Waals surface area contributed by atoms with Gasteiger partial charge in [-0.15, -0.1) is 0 Å². The number of carbonyl (C=O) groups excluding carboxylic acids is 1. The molecule has 0 radical (unpaired) electrons. The Labute approximate surface area is 164 Å². The van der Waals surface area contributed by atoms with Gasteiger partial charge in [0.15, 0.2) is 0 Å². The van der Waals surface area contributed by atoms with Gasteiger partial charge in [0.05, 0.1) is 13.7 Å². The van der Waals surface area contributed by atoms with Crippen molar-refractivity contribution >= 4 is 12.1 Å². The monoisotopic (exact) mass is 384 g/mol. The molecule has 7 nitrogen and oxygen atoms in total. The Morgan fingerprint density at radius 1 is 1.04 bits per heavy atom. The number of carboxylic acids is 1. The molecule has 3 rings (SSSR count). The highest BCUT2D eigenvalue weighted by Crippen LogP contribution is 2.18. The molecule has 0 spiro atoms. The second-order valence-electron chi connectivity index (χ2n) is 6.66. The Morgan fingerprint density at radius 2 is 1.75 bits per heavy atom. The van der Waals surface area contributed by atoms with Gasteiger partial charge in [-0.3, -0.25) is 9.69 Å². The normalized spacial score (nSPS) is 17.2. The lowest BCUT2D eigenvalue weighted by Crippen LogP contribution is -2.57. The summed E-state index contributed by atoms with van der Waals surface area (Å²) in [4.78, 5) is 27.4. The minimum absolute atomic E-state index is 0.0963. The van der Waals surface area contributed by atoms with E-state index in [9.17, 15) is 14.7 Å². The van der Waals surface area contributed by atoms with Crippen LogP contribution in [-0.4, -0.2) is 59.8 Å². The van der Waals surface area contributed by atoms with E-state index in [1.165, 1.54) is 4.90 Å². The maximum atomic E-state index is 12.4. The molecule has 2 aromatic carbocycles. The van der Waals surface area contributed by atoms with Crippen molar-refractivity contribution in [2.24, 2.45) is 0 Å². The van der Waals surface area contributed by atoms with Crippen LogP contribution in [0.1, 0.15) is 11.1 Å². The summed E-state index contributed by atoms with van der Waals surface area (Å²) in [6.45, 7) is 1.65. The standard InChI is InChI=1S/C21H24N2O5/c1-27-18-9-7-16(8-10-18)13-22-11-12-23(14-19(22)20(24)25)21(26)28-15-17-5-3-2-4-6-17/h2-10,19H,11-15H2,1H3,(H,24,25)/t19-/m0/s1. The molecule has 1 atom stereocenters. The van der Waals surface area contributed by atoms with Gasteiger partial charge in [0.2, 0.25) is 0 Å². The van der Waals surface area contributed by atoms with Gasteiger partial charge in [-0.25, -0.2) is 4.79 Å². The Hall–Kier alpha value is -3.06. The maximum absolute atomic E-state index is 12.4. The van der Waals surface area contributed by atoms with Crippen molar-refractivity contribution in [2.75, 3.05) is 26.7 Å². The fourth-order valence-electron chi connectivity index (χ4n) is 3.19. The van der Waals surface area contributed by atoms with E-state index in [0.29, 0.717) is 19.6 Å². The fourth-order valence-corrected chi connectivity index (χ4v) is 3.19. The Kier molecular flexibility index (Phi) is 6.49. The molecule has 1 aliphatic rings. The number of piperazine rings is 1. The molecule has 0 saturated carbocycles. The van der Waals surface area contributed by atoms with Gasteiger partial charge in [-0.1, -0.05) is 42.5 Å². The molecule has 1 fully saturated rings. The molecule has 0 unspecified atom stereocenters. The lowest BCUT2D eigenvalue weighted by molar-refractivity contribution is -0.145. The van der Waals surface area contributed by atoms with Crippen LogP contribution >= 0.6 is 0 Å². The third kappa shape index (κ3) is 5.01. The van der Waals surface area contributed by atoms with E-state index in [1.54, 1.807) is 7.11 Å². The molecule has 7 heteroatoms. The molecule has 0 aliphatic carbocycles. The van der Waals surface area contributed by atoms with Crippen LogP contribution in [0, 0.1) is 0 Å². The molecule has 28 heavy (non-hydrogen) atoms. The number of hydrogen-bond acceptors (Lipinski definition) is 5. The number of rotatable bonds is 6. The first-order valence-electron chi connectivity index (χ1n) is 9.12. The van der Waals surface area contributed by atoms with Gasteiger partial charge in [-0.05, 0) is 23.3 Å². The summed E-state index contributed by atoms with van der Waals surface area (Å²) in [5, 5.41) is 9.64. The van der Waals surface area contributed by atoms with E-state index in [1.807, 2.05) is 59.5 Å². The van der Waals surface area contributed by atoms with Crippen LogP contribution < -0.4 is 4.74 Å². The highest BCUT2D eigenvalue weighted by atomic mass is 16.6. The number of nitrogens with zero attached hydrogens (tertiary/aromatic N) is 2. The average Bonchev–Trinajstić information content (AvgIpc) is 2.73. The zero-order valence-corrected chi connectivity index (χ0v) is 15.8. The number of amides is 1. The van der Waals surface area contributed by atoms with Crippen LogP contribution in [0.25, 0.3) is 0 Å². The molecule has 1 amide bonds. The van der Waals surface area contributed by atoms with E-state index in [4.69, 9.17) is 9.47 Å². The molecular weight excluding hydrogens is 360 g/mol. The molecule has 1 saturated heterocycles. The van der Waals surface area contributed by atoms with Crippen LogP contribution in [0.3, 0.4) is 0 Å². The number of methoxy groups -OCH3 is 1. The number of carboxylic acid groups (broad SMARTS) is 1. The van der Waals surface area contributed by atoms with Crippen molar-refractivity contribution in [1.29, 1.82) is 0 Å². The predicted octanol–water partition coefficient (Wildman–Crippen LogP) is 2.60. The van der Waals surface area contributed by atoms with Crippen LogP contribution in [0.15, 0.2) is 54.6 Å². The summed E-state index contributed by atoms with van der Waals surface area (Å²) >= 11 is 0. The topological polar surface area (TPSA) is 79.3 Å². The summed E-state index contributed by atoms with van der Waals surface area (Å²) < 4.78 is 10.5. The first-order chi connectivity index (χ1) is 13.6. The summed E-state index contributed by atoms with van der Waals surface area (Å²) in [7, 11) is 1.60. The third-order valence-corrected chi connectivity index (χ3v) is 4.78. The van der Waals surface area contributed by atoms with E-state index in [2.05, 4.69) is 0 Å². The minimum atomic E-state index is -0.950. The van der Waals surface area contributed by atoms with Crippen LogP contribution in [0.4, 0.5) is 4.79 Å². The number of aliphatic carboxylic acids is 1. The summed E-state index contributed by atoms with van der Waals surface area (Å²) in [6.07, 6.45) is -0.487. The SMILES string of the molecule is COc1ccc(CN2CCN(C(=O)OCc3ccccc3)C[C@H]2C(=O)O)cc1. The lowest BCUT2D eigenvalue weighted by Gasteiger charge is -2.38. The van der Waals surface area contributed by atoms with Crippen molar-refractivity contribution in [1.82, 2.24) is 9.80 Å². The molecule has 148 valence electrons. The zero-order valence-electron chi connectivity index (χ0n) is 15.8. The van der Waals surface area contributed by atoms with Crippen LogP contribution in [0.2, 0.25) is 0 Å². The Morgan fingerprint density at radius 3 is 2.39 bits per heavy atom. The molecule has 2 aromatic rings. The average molecular weight is 384 g/mol. The van der Waals surface area contributed by atoms with Crippen molar-refractivity contribution in [3.8, 4) is 5.75 Å². The number of ether oxygens (including phenoxy) is 2. The highest BCUT2D eigenvalue weighted by molar-refractivity contribution is 5.76. The quantitative estimate of drug-likeness (QED) is 0.825. The van der Waals surface area contributed by atoms with E-state index in [0.717, 1.165) is 16.9 Å². The summed E-state index contributed by atoms with van der Waals surface area (Å²) in [5.74, 6) is -0.196. The molecule has 1 heterocycles. The molecule has 1 N–H and O–H groups in total. The first-order valence-corrected chi connectivity index (χ1v) is 9.12. The van der Waals surface area contributed by atoms with Gasteiger partial charge in [0.1, 0.15) is 18.4 Å².